The molecule has 0 radical (unpaired) electrons. The Balaban J connectivity index is 2.90. The van der Waals surface area contributed by atoms with Crippen molar-refractivity contribution in [2.45, 2.75) is 26.3 Å². The second kappa shape index (κ2) is 5.50. The van der Waals surface area contributed by atoms with E-state index >= 15 is 0 Å². The zero-order valence-electron chi connectivity index (χ0n) is 10.1. The third-order valence-electron chi connectivity index (χ3n) is 2.85. The molecule has 4 heteroatoms. The fourth-order valence-corrected chi connectivity index (χ4v) is 1.78. The van der Waals surface area contributed by atoms with E-state index in [1.54, 1.807) is 19.1 Å². The molecule has 0 spiro atoms. The summed E-state index contributed by atoms with van der Waals surface area (Å²) in [6.45, 7) is 5.57. The Hall–Kier alpha value is -1.09. The first-order chi connectivity index (χ1) is 7.89. The van der Waals surface area contributed by atoms with Crippen LogP contribution in [0.1, 0.15) is 31.1 Å². The molecule has 0 bridgehead atoms. The number of carbonyl (C=O) groups excluding carboxylic acids is 1. The van der Waals surface area contributed by atoms with Crippen LogP contribution >= 0.6 is 22.6 Å². The van der Waals surface area contributed by atoms with E-state index in [0.717, 1.165) is 3.57 Å². The summed E-state index contributed by atoms with van der Waals surface area (Å²) in [7, 11) is 0. The third-order valence-corrected chi connectivity index (χ3v) is 3.52. The van der Waals surface area contributed by atoms with Crippen LogP contribution in [-0.2, 0) is 0 Å². The molecule has 1 aromatic rings. The van der Waals surface area contributed by atoms with Gasteiger partial charge in [0.2, 0.25) is 0 Å². The van der Waals surface area contributed by atoms with E-state index in [1.165, 1.54) is 0 Å². The average Bonchev–Trinajstić information content (AvgIpc) is 2.28. The quantitative estimate of drug-likeness (QED) is 0.859. The molecule has 0 aliphatic rings. The number of benzene rings is 1. The molecule has 1 rings (SSSR count). The van der Waals surface area contributed by atoms with Gasteiger partial charge in [0.15, 0.2) is 0 Å². The molecule has 0 aliphatic carbocycles. The summed E-state index contributed by atoms with van der Waals surface area (Å²) in [5.41, 5.74) is -0.253. The van der Waals surface area contributed by atoms with Crippen LogP contribution in [0.5, 0.6) is 0 Å². The molecule has 0 heterocycles. The van der Waals surface area contributed by atoms with Crippen molar-refractivity contribution in [2.24, 2.45) is 5.92 Å². The fraction of sp³-hybridized carbons (Fsp3) is 0.385. The molecule has 1 amide bonds. The average molecular weight is 342 g/mol. The lowest BCUT2D eigenvalue weighted by Crippen LogP contribution is -2.48. The number of carbonyl (C=O) groups is 1. The van der Waals surface area contributed by atoms with Crippen molar-refractivity contribution in [1.82, 2.24) is 5.32 Å². The number of rotatable bonds is 3. The van der Waals surface area contributed by atoms with Crippen molar-refractivity contribution < 1.29 is 4.79 Å². The highest BCUT2D eigenvalue weighted by atomic mass is 127. The van der Waals surface area contributed by atoms with E-state index in [9.17, 15) is 4.79 Å². The summed E-state index contributed by atoms with van der Waals surface area (Å²) in [4.78, 5) is 12.0. The lowest BCUT2D eigenvalue weighted by atomic mass is 9.90. The van der Waals surface area contributed by atoms with Crippen molar-refractivity contribution in [2.75, 3.05) is 0 Å². The minimum Gasteiger partial charge on any atom is -0.334 e. The normalized spacial score (nSPS) is 13.9. The van der Waals surface area contributed by atoms with E-state index in [-0.39, 0.29) is 11.8 Å². The Morgan fingerprint density at radius 3 is 2.65 bits per heavy atom. The molecule has 1 N–H and O–H groups in total. The van der Waals surface area contributed by atoms with Crippen molar-refractivity contribution in [1.29, 1.82) is 5.26 Å². The maximum absolute atomic E-state index is 12.0. The van der Waals surface area contributed by atoms with Crippen molar-refractivity contribution in [3.63, 3.8) is 0 Å². The van der Waals surface area contributed by atoms with Crippen molar-refractivity contribution in [3.05, 3.63) is 33.4 Å². The number of amides is 1. The molecular weight excluding hydrogens is 327 g/mol. The van der Waals surface area contributed by atoms with E-state index in [2.05, 4.69) is 34.0 Å². The lowest BCUT2D eigenvalue weighted by Gasteiger charge is -2.27. The molecule has 0 unspecified atom stereocenters. The smallest absolute Gasteiger partial charge is 0.252 e. The molecule has 0 fully saturated rings. The molecule has 1 aromatic carbocycles. The van der Waals surface area contributed by atoms with Gasteiger partial charge in [0.25, 0.3) is 5.91 Å². The van der Waals surface area contributed by atoms with Gasteiger partial charge in [-0.05, 0) is 53.6 Å². The summed E-state index contributed by atoms with van der Waals surface area (Å²) in [5.74, 6) is -0.152. The molecule has 3 nitrogen and oxygen atoms in total. The highest BCUT2D eigenvalue weighted by Crippen LogP contribution is 2.16. The zero-order valence-corrected chi connectivity index (χ0v) is 12.3. The van der Waals surface area contributed by atoms with E-state index in [0.29, 0.717) is 5.56 Å². The predicted molar refractivity (Wildman–Crippen MR) is 75.5 cm³/mol. The fourth-order valence-electron chi connectivity index (χ4n) is 1.24. The maximum Gasteiger partial charge on any atom is 0.252 e. The van der Waals surface area contributed by atoms with Crippen LogP contribution in [0.3, 0.4) is 0 Å². The van der Waals surface area contributed by atoms with Crippen LogP contribution < -0.4 is 5.32 Å². The van der Waals surface area contributed by atoms with Gasteiger partial charge in [0.1, 0.15) is 5.54 Å². The minimum atomic E-state index is -0.835. The van der Waals surface area contributed by atoms with Crippen LogP contribution in [0.4, 0.5) is 0 Å². The Kier molecular flexibility index (Phi) is 4.52. The first kappa shape index (κ1) is 14.0. The van der Waals surface area contributed by atoms with E-state index in [4.69, 9.17) is 5.26 Å². The Morgan fingerprint density at radius 2 is 2.18 bits per heavy atom. The number of hydrogen-bond acceptors (Lipinski definition) is 2. The SMILES string of the molecule is CC(C)[C@](C)(C#N)NC(=O)c1cccc(I)c1. The van der Waals surface area contributed by atoms with Gasteiger partial charge in [-0.25, -0.2) is 0 Å². The molecular formula is C13H15IN2O. The summed E-state index contributed by atoms with van der Waals surface area (Å²) in [6.07, 6.45) is 0. The molecule has 90 valence electrons. The molecule has 0 aromatic heterocycles. The second-order valence-electron chi connectivity index (χ2n) is 4.43. The Bertz CT molecular complexity index is 465. The van der Waals surface area contributed by atoms with Gasteiger partial charge < -0.3 is 5.32 Å². The molecule has 0 aliphatic heterocycles. The molecule has 0 saturated carbocycles. The van der Waals surface area contributed by atoms with Crippen LogP contribution in [0, 0.1) is 20.8 Å². The summed E-state index contributed by atoms with van der Waals surface area (Å²) in [5, 5.41) is 11.9. The number of nitrogens with zero attached hydrogens (tertiary/aromatic N) is 1. The Morgan fingerprint density at radius 1 is 1.53 bits per heavy atom. The standard InChI is InChI=1S/C13H15IN2O/c1-9(2)13(3,8-15)16-12(17)10-5-4-6-11(14)7-10/h4-7,9H,1-3H3,(H,16,17)/t13-/m0/s1. The number of nitriles is 1. The van der Waals surface area contributed by atoms with Crippen LogP contribution in [0.25, 0.3) is 0 Å². The first-order valence-corrected chi connectivity index (χ1v) is 6.46. The van der Waals surface area contributed by atoms with Crippen molar-refractivity contribution >= 4 is 28.5 Å². The minimum absolute atomic E-state index is 0.0548. The zero-order chi connectivity index (χ0) is 13.1. The van der Waals surface area contributed by atoms with Crippen LogP contribution in [0.2, 0.25) is 0 Å². The van der Waals surface area contributed by atoms with Crippen LogP contribution in [0.15, 0.2) is 24.3 Å². The van der Waals surface area contributed by atoms with Gasteiger partial charge in [-0.1, -0.05) is 19.9 Å². The van der Waals surface area contributed by atoms with Gasteiger partial charge in [-0.2, -0.15) is 5.26 Å². The largest absolute Gasteiger partial charge is 0.334 e. The van der Waals surface area contributed by atoms with E-state index in [1.807, 2.05) is 26.0 Å². The summed E-state index contributed by atoms with van der Waals surface area (Å²) >= 11 is 2.15. The highest BCUT2D eigenvalue weighted by Gasteiger charge is 2.30. The predicted octanol–water partition coefficient (Wildman–Crippen LogP) is 2.96. The number of hydrogen-bond donors (Lipinski definition) is 1. The monoisotopic (exact) mass is 342 g/mol. The maximum atomic E-state index is 12.0. The topological polar surface area (TPSA) is 52.9 Å². The summed E-state index contributed by atoms with van der Waals surface area (Å²) in [6, 6.07) is 9.45. The molecule has 17 heavy (non-hydrogen) atoms. The van der Waals surface area contributed by atoms with Gasteiger partial charge in [0.05, 0.1) is 6.07 Å². The third kappa shape index (κ3) is 3.43. The molecule has 0 saturated heterocycles. The highest BCUT2D eigenvalue weighted by molar-refractivity contribution is 14.1. The van der Waals surface area contributed by atoms with Gasteiger partial charge in [-0.15, -0.1) is 0 Å². The number of halogens is 1. The lowest BCUT2D eigenvalue weighted by molar-refractivity contribution is 0.0908. The van der Waals surface area contributed by atoms with E-state index < -0.39 is 5.54 Å². The van der Waals surface area contributed by atoms with Crippen molar-refractivity contribution in [3.8, 4) is 6.07 Å². The first-order valence-electron chi connectivity index (χ1n) is 5.38. The van der Waals surface area contributed by atoms with Crippen LogP contribution in [-0.4, -0.2) is 11.4 Å². The number of nitrogens with one attached hydrogen (secondary N) is 1. The Labute approximate surface area is 115 Å². The van der Waals surface area contributed by atoms with Gasteiger partial charge in [0, 0.05) is 9.13 Å². The second-order valence-corrected chi connectivity index (χ2v) is 5.68. The van der Waals surface area contributed by atoms with Gasteiger partial charge >= 0.3 is 0 Å². The summed E-state index contributed by atoms with van der Waals surface area (Å²) < 4.78 is 0.999. The van der Waals surface area contributed by atoms with Gasteiger partial charge in [-0.3, -0.25) is 4.79 Å². The molecule has 1 atom stereocenters.